The Kier molecular flexibility index (Phi) is 4.22. The molecule has 1 rings (SSSR count). The number of aldehydes is 1. The summed E-state index contributed by atoms with van der Waals surface area (Å²) >= 11 is 0. The van der Waals surface area contributed by atoms with E-state index in [-0.39, 0.29) is 23.9 Å². The van der Waals surface area contributed by atoms with Crippen LogP contribution in [0.15, 0.2) is 12.1 Å². The van der Waals surface area contributed by atoms with E-state index in [0.717, 1.165) is 0 Å². The van der Waals surface area contributed by atoms with Crippen LogP contribution in [0.5, 0.6) is 17.2 Å². The van der Waals surface area contributed by atoms with Gasteiger partial charge in [-0.2, -0.15) is 0 Å². The van der Waals surface area contributed by atoms with Gasteiger partial charge in [0, 0.05) is 5.56 Å². The molecule has 0 radical (unpaired) electrons. The zero-order valence-corrected chi connectivity index (χ0v) is 8.90. The Labute approximate surface area is 93.8 Å². The van der Waals surface area contributed by atoms with Crippen molar-refractivity contribution in [3.63, 3.8) is 0 Å². The van der Waals surface area contributed by atoms with Gasteiger partial charge in [-0.1, -0.05) is 5.92 Å². The van der Waals surface area contributed by atoms with E-state index >= 15 is 0 Å². The van der Waals surface area contributed by atoms with Crippen molar-refractivity contribution < 1.29 is 19.4 Å². The number of hydrogen-bond acceptors (Lipinski definition) is 4. The van der Waals surface area contributed by atoms with Crippen molar-refractivity contribution in [2.75, 3.05) is 13.2 Å². The van der Waals surface area contributed by atoms with Crippen molar-refractivity contribution in [2.45, 2.75) is 6.92 Å². The van der Waals surface area contributed by atoms with Crippen LogP contribution < -0.4 is 9.47 Å². The van der Waals surface area contributed by atoms with E-state index in [0.29, 0.717) is 18.5 Å². The van der Waals surface area contributed by atoms with Gasteiger partial charge in [0.1, 0.15) is 12.9 Å². The summed E-state index contributed by atoms with van der Waals surface area (Å²) in [7, 11) is 0. The largest absolute Gasteiger partial charge is 0.502 e. The zero-order valence-electron chi connectivity index (χ0n) is 8.90. The Hall–Kier alpha value is -2.15. The normalized spacial score (nSPS) is 9.25. The van der Waals surface area contributed by atoms with E-state index < -0.39 is 0 Å². The monoisotopic (exact) mass is 220 g/mol. The van der Waals surface area contributed by atoms with Crippen molar-refractivity contribution in [1.82, 2.24) is 0 Å². The van der Waals surface area contributed by atoms with E-state index in [4.69, 9.17) is 15.9 Å². The first-order valence-electron chi connectivity index (χ1n) is 4.74. The molecule has 0 saturated heterocycles. The molecule has 0 amide bonds. The summed E-state index contributed by atoms with van der Waals surface area (Å²) in [6.45, 7) is 2.17. The van der Waals surface area contributed by atoms with Crippen LogP contribution in [0, 0.1) is 12.3 Å². The standard InChI is InChI=1S/C12H12O4/c1-3-5-16-11-7-9(8-13)6-10(12(11)14)15-4-2/h1,6-8,14H,4-5H2,2H3. The predicted octanol–water partition coefficient (Wildman–Crippen LogP) is 1.62. The van der Waals surface area contributed by atoms with E-state index in [2.05, 4.69) is 5.92 Å². The van der Waals surface area contributed by atoms with Crippen molar-refractivity contribution in [2.24, 2.45) is 0 Å². The molecule has 84 valence electrons. The van der Waals surface area contributed by atoms with Crippen LogP contribution in [-0.2, 0) is 0 Å². The molecule has 0 atom stereocenters. The van der Waals surface area contributed by atoms with Gasteiger partial charge in [0.15, 0.2) is 11.5 Å². The van der Waals surface area contributed by atoms with E-state index in [1.54, 1.807) is 6.92 Å². The lowest BCUT2D eigenvalue weighted by molar-refractivity contribution is 0.112. The molecule has 0 spiro atoms. The quantitative estimate of drug-likeness (QED) is 0.605. The van der Waals surface area contributed by atoms with Gasteiger partial charge < -0.3 is 14.6 Å². The topological polar surface area (TPSA) is 55.8 Å². The van der Waals surface area contributed by atoms with E-state index in [1.807, 2.05) is 0 Å². The molecule has 0 unspecified atom stereocenters. The second-order valence-electron chi connectivity index (χ2n) is 2.91. The van der Waals surface area contributed by atoms with Crippen molar-refractivity contribution in [3.05, 3.63) is 17.7 Å². The van der Waals surface area contributed by atoms with Gasteiger partial charge in [0.05, 0.1) is 6.61 Å². The third kappa shape index (κ3) is 2.67. The minimum absolute atomic E-state index is 0.0153. The average molecular weight is 220 g/mol. The van der Waals surface area contributed by atoms with Crippen LogP contribution in [0.1, 0.15) is 17.3 Å². The predicted molar refractivity (Wildman–Crippen MR) is 59.0 cm³/mol. The molecule has 0 heterocycles. The molecule has 4 heteroatoms. The fourth-order valence-corrected chi connectivity index (χ4v) is 1.17. The molecular formula is C12H12O4. The number of phenols is 1. The molecule has 0 saturated carbocycles. The van der Waals surface area contributed by atoms with Crippen LogP contribution in [0.2, 0.25) is 0 Å². The molecule has 1 aromatic rings. The number of aromatic hydroxyl groups is 1. The minimum Gasteiger partial charge on any atom is -0.502 e. The van der Waals surface area contributed by atoms with Crippen LogP contribution in [-0.4, -0.2) is 24.6 Å². The molecule has 0 aliphatic heterocycles. The van der Waals surface area contributed by atoms with Crippen molar-refractivity contribution in [1.29, 1.82) is 0 Å². The van der Waals surface area contributed by atoms with Gasteiger partial charge in [-0.15, -0.1) is 6.42 Å². The molecule has 0 aromatic heterocycles. The molecule has 1 aromatic carbocycles. The van der Waals surface area contributed by atoms with Crippen molar-refractivity contribution in [3.8, 4) is 29.6 Å². The van der Waals surface area contributed by atoms with Gasteiger partial charge >= 0.3 is 0 Å². The fraction of sp³-hybridized carbons (Fsp3) is 0.250. The maximum absolute atomic E-state index is 10.7. The summed E-state index contributed by atoms with van der Waals surface area (Å²) < 4.78 is 10.2. The Morgan fingerprint density at radius 3 is 2.56 bits per heavy atom. The number of benzene rings is 1. The van der Waals surface area contributed by atoms with Crippen molar-refractivity contribution >= 4 is 6.29 Å². The molecule has 0 aliphatic rings. The number of carbonyl (C=O) groups is 1. The minimum atomic E-state index is -0.150. The average Bonchev–Trinajstić information content (AvgIpc) is 2.30. The number of terminal acetylenes is 1. The smallest absolute Gasteiger partial charge is 0.200 e. The van der Waals surface area contributed by atoms with Crippen LogP contribution in [0.4, 0.5) is 0 Å². The maximum Gasteiger partial charge on any atom is 0.200 e. The molecule has 1 N–H and O–H groups in total. The summed E-state index contributed by atoms with van der Waals surface area (Å²) in [5, 5.41) is 9.73. The summed E-state index contributed by atoms with van der Waals surface area (Å²) in [4.78, 5) is 10.7. The lowest BCUT2D eigenvalue weighted by Crippen LogP contribution is -1.98. The number of carbonyl (C=O) groups excluding carboxylic acids is 1. The molecule has 16 heavy (non-hydrogen) atoms. The Bertz CT molecular complexity index is 418. The van der Waals surface area contributed by atoms with E-state index in [9.17, 15) is 9.90 Å². The highest BCUT2D eigenvalue weighted by Gasteiger charge is 2.11. The maximum atomic E-state index is 10.7. The molecule has 4 nitrogen and oxygen atoms in total. The van der Waals surface area contributed by atoms with Gasteiger partial charge in [-0.05, 0) is 19.1 Å². The van der Waals surface area contributed by atoms with Crippen LogP contribution in [0.25, 0.3) is 0 Å². The number of phenolic OH excluding ortho intramolecular Hbond substituents is 1. The first kappa shape index (κ1) is 11.9. The van der Waals surface area contributed by atoms with Gasteiger partial charge in [-0.3, -0.25) is 4.79 Å². The molecular weight excluding hydrogens is 208 g/mol. The Morgan fingerprint density at radius 2 is 2.06 bits per heavy atom. The fourth-order valence-electron chi connectivity index (χ4n) is 1.17. The Morgan fingerprint density at radius 1 is 1.44 bits per heavy atom. The first-order valence-corrected chi connectivity index (χ1v) is 4.74. The SMILES string of the molecule is C#CCOc1cc(C=O)cc(OCC)c1O. The number of hydrogen-bond donors (Lipinski definition) is 1. The highest BCUT2D eigenvalue weighted by atomic mass is 16.5. The highest BCUT2D eigenvalue weighted by Crippen LogP contribution is 2.37. The molecule has 0 bridgehead atoms. The van der Waals surface area contributed by atoms with Gasteiger partial charge in [-0.25, -0.2) is 0 Å². The summed E-state index contributed by atoms with van der Waals surface area (Å²) in [6, 6.07) is 2.84. The van der Waals surface area contributed by atoms with Gasteiger partial charge in [0.25, 0.3) is 0 Å². The summed E-state index contributed by atoms with van der Waals surface area (Å²) in [5.41, 5.74) is 0.355. The Balaban J connectivity index is 3.10. The van der Waals surface area contributed by atoms with E-state index in [1.165, 1.54) is 12.1 Å². The highest BCUT2D eigenvalue weighted by molar-refractivity contribution is 5.78. The lowest BCUT2D eigenvalue weighted by Gasteiger charge is -2.11. The number of ether oxygens (including phenoxy) is 2. The second kappa shape index (κ2) is 5.66. The molecule has 0 fully saturated rings. The van der Waals surface area contributed by atoms with Crippen LogP contribution >= 0.6 is 0 Å². The number of rotatable bonds is 5. The second-order valence-corrected chi connectivity index (χ2v) is 2.91. The lowest BCUT2D eigenvalue weighted by atomic mass is 10.2. The summed E-state index contributed by atoms with van der Waals surface area (Å²) in [5.74, 6) is 2.47. The third-order valence-electron chi connectivity index (χ3n) is 1.81. The first-order chi connectivity index (χ1) is 7.72. The molecule has 0 aliphatic carbocycles. The summed E-state index contributed by atoms with van der Waals surface area (Å²) in [6.07, 6.45) is 5.68. The van der Waals surface area contributed by atoms with Gasteiger partial charge in [0.2, 0.25) is 5.75 Å². The third-order valence-corrected chi connectivity index (χ3v) is 1.81. The van der Waals surface area contributed by atoms with Crippen LogP contribution in [0.3, 0.4) is 0 Å². The zero-order chi connectivity index (χ0) is 12.0.